The van der Waals surface area contributed by atoms with E-state index in [4.69, 9.17) is 22.1 Å². The number of halogens is 1. The summed E-state index contributed by atoms with van der Waals surface area (Å²) in [5.41, 5.74) is 9.38. The number of hydrogen-bond donors (Lipinski definition) is 1. The normalized spacial score (nSPS) is 14.9. The number of amides is 1. The molecule has 2 N–H and O–H groups in total. The van der Waals surface area contributed by atoms with Crippen LogP contribution in [0.2, 0.25) is 5.02 Å². The van der Waals surface area contributed by atoms with Gasteiger partial charge in [-0.25, -0.2) is 4.79 Å². The maximum Gasteiger partial charge on any atom is 0.410 e. The van der Waals surface area contributed by atoms with Crippen LogP contribution in [0.15, 0.2) is 6.07 Å². The molecule has 0 aliphatic carbocycles. The van der Waals surface area contributed by atoms with Crippen molar-refractivity contribution >= 4 is 23.4 Å². The third-order valence-corrected chi connectivity index (χ3v) is 3.72. The van der Waals surface area contributed by atoms with E-state index in [1.54, 1.807) is 4.90 Å². The van der Waals surface area contributed by atoms with E-state index >= 15 is 0 Å². The third kappa shape index (κ3) is 3.01. The Morgan fingerprint density at radius 2 is 2.05 bits per heavy atom. The molecule has 0 radical (unpaired) electrons. The number of nitrogens with two attached hydrogens (primary N) is 1. The summed E-state index contributed by atoms with van der Waals surface area (Å²) < 4.78 is 5.40. The fourth-order valence-corrected chi connectivity index (χ4v) is 2.69. The first-order valence-electron chi connectivity index (χ1n) is 6.73. The fraction of sp³-hybridized carbons (Fsp3) is 0.533. The lowest BCUT2D eigenvalue weighted by molar-refractivity contribution is 0.0224. The molecule has 0 fully saturated rings. The van der Waals surface area contributed by atoms with Gasteiger partial charge in [0.25, 0.3) is 0 Å². The zero-order valence-electron chi connectivity index (χ0n) is 12.4. The maximum atomic E-state index is 12.1. The van der Waals surface area contributed by atoms with Crippen molar-refractivity contribution in [3.05, 3.63) is 27.8 Å². The number of fused-ring (bicyclic) bond motifs is 1. The van der Waals surface area contributed by atoms with Gasteiger partial charge in [0.15, 0.2) is 0 Å². The number of benzene rings is 1. The van der Waals surface area contributed by atoms with E-state index in [1.165, 1.54) is 0 Å². The molecule has 0 atom stereocenters. The van der Waals surface area contributed by atoms with E-state index in [2.05, 4.69) is 0 Å². The largest absolute Gasteiger partial charge is 0.444 e. The molecule has 1 amide bonds. The summed E-state index contributed by atoms with van der Waals surface area (Å²) in [5, 5.41) is 0.667. The zero-order chi connectivity index (χ0) is 15.1. The van der Waals surface area contributed by atoms with Crippen LogP contribution in [-0.4, -0.2) is 23.1 Å². The summed E-state index contributed by atoms with van der Waals surface area (Å²) in [6.45, 7) is 8.58. The highest BCUT2D eigenvalue weighted by atomic mass is 35.5. The second-order valence-electron chi connectivity index (χ2n) is 6.20. The van der Waals surface area contributed by atoms with Crippen molar-refractivity contribution in [3.8, 4) is 0 Å². The van der Waals surface area contributed by atoms with Crippen LogP contribution in [0.5, 0.6) is 0 Å². The first-order valence-corrected chi connectivity index (χ1v) is 7.11. The Kier molecular flexibility index (Phi) is 3.87. The van der Waals surface area contributed by atoms with Gasteiger partial charge in [0.1, 0.15) is 5.60 Å². The molecule has 2 rings (SSSR count). The highest BCUT2D eigenvalue weighted by Crippen LogP contribution is 2.33. The maximum absolute atomic E-state index is 12.1. The predicted molar refractivity (Wildman–Crippen MR) is 80.9 cm³/mol. The summed E-state index contributed by atoms with van der Waals surface area (Å²) in [5.74, 6) is 0. The van der Waals surface area contributed by atoms with Crippen molar-refractivity contribution in [1.29, 1.82) is 0 Å². The number of nitrogens with zero attached hydrogens (tertiary/aromatic N) is 1. The average molecular weight is 297 g/mol. The van der Waals surface area contributed by atoms with Crippen LogP contribution in [0.4, 0.5) is 10.5 Å². The summed E-state index contributed by atoms with van der Waals surface area (Å²) in [7, 11) is 0. The van der Waals surface area contributed by atoms with Crippen LogP contribution < -0.4 is 5.73 Å². The van der Waals surface area contributed by atoms with E-state index in [0.717, 1.165) is 22.4 Å². The number of hydrogen-bond acceptors (Lipinski definition) is 3. The Labute approximate surface area is 124 Å². The molecule has 0 saturated heterocycles. The van der Waals surface area contributed by atoms with E-state index in [-0.39, 0.29) is 6.09 Å². The number of nitrogen functional groups attached to an aromatic ring is 1. The lowest BCUT2D eigenvalue weighted by atomic mass is 9.95. The molecular weight excluding hydrogens is 276 g/mol. The minimum Gasteiger partial charge on any atom is -0.444 e. The van der Waals surface area contributed by atoms with E-state index in [9.17, 15) is 4.79 Å². The molecule has 0 aromatic heterocycles. The summed E-state index contributed by atoms with van der Waals surface area (Å²) in [4.78, 5) is 13.8. The smallest absolute Gasteiger partial charge is 0.410 e. The number of rotatable bonds is 0. The molecule has 0 spiro atoms. The molecule has 1 heterocycles. The van der Waals surface area contributed by atoms with Gasteiger partial charge in [0.05, 0.1) is 6.54 Å². The molecule has 1 aliphatic rings. The molecule has 5 heteroatoms. The minimum absolute atomic E-state index is 0.307. The molecule has 0 bridgehead atoms. The molecule has 20 heavy (non-hydrogen) atoms. The number of anilines is 1. The first-order chi connectivity index (χ1) is 9.19. The number of carbonyl (C=O) groups is 1. The third-order valence-electron chi connectivity index (χ3n) is 3.38. The molecule has 4 nitrogen and oxygen atoms in total. The van der Waals surface area contributed by atoms with Gasteiger partial charge < -0.3 is 15.4 Å². The number of ether oxygens (including phenoxy) is 1. The highest BCUT2D eigenvalue weighted by Gasteiger charge is 2.28. The fourth-order valence-electron chi connectivity index (χ4n) is 2.36. The molecule has 0 unspecified atom stereocenters. The molecule has 110 valence electrons. The first kappa shape index (κ1) is 15.0. The van der Waals surface area contributed by atoms with E-state index in [0.29, 0.717) is 24.5 Å². The summed E-state index contributed by atoms with van der Waals surface area (Å²) in [6, 6.07) is 1.86. The second kappa shape index (κ2) is 5.17. The monoisotopic (exact) mass is 296 g/mol. The Balaban J connectivity index is 2.24. The Morgan fingerprint density at radius 1 is 1.40 bits per heavy atom. The van der Waals surface area contributed by atoms with Crippen molar-refractivity contribution < 1.29 is 9.53 Å². The van der Waals surface area contributed by atoms with Crippen LogP contribution in [0, 0.1) is 6.92 Å². The molecule has 1 aromatic rings. The van der Waals surface area contributed by atoms with Crippen molar-refractivity contribution in [2.45, 2.75) is 46.3 Å². The number of aryl methyl sites for hydroxylation is 1. The van der Waals surface area contributed by atoms with Gasteiger partial charge in [-0.05, 0) is 56.9 Å². The van der Waals surface area contributed by atoms with Gasteiger partial charge in [0, 0.05) is 17.3 Å². The van der Waals surface area contributed by atoms with Gasteiger partial charge in [-0.1, -0.05) is 11.6 Å². The Morgan fingerprint density at radius 3 is 2.65 bits per heavy atom. The minimum atomic E-state index is -0.493. The molecular formula is C15H21ClN2O2. The highest BCUT2D eigenvalue weighted by molar-refractivity contribution is 6.31. The molecule has 0 saturated carbocycles. The lowest BCUT2D eigenvalue weighted by Crippen LogP contribution is -2.40. The Hall–Kier alpha value is -1.42. The lowest BCUT2D eigenvalue weighted by Gasteiger charge is -2.32. The topological polar surface area (TPSA) is 55.6 Å². The van der Waals surface area contributed by atoms with Crippen LogP contribution in [0.25, 0.3) is 0 Å². The van der Waals surface area contributed by atoms with Crippen LogP contribution in [0.1, 0.15) is 37.5 Å². The predicted octanol–water partition coefficient (Wildman–Crippen LogP) is 3.52. The second-order valence-corrected chi connectivity index (χ2v) is 6.61. The van der Waals surface area contributed by atoms with Gasteiger partial charge >= 0.3 is 6.09 Å². The molecule has 1 aromatic carbocycles. The van der Waals surface area contributed by atoms with Gasteiger partial charge in [-0.15, -0.1) is 0 Å². The quantitative estimate of drug-likeness (QED) is 0.745. The standard InChI is InChI=1S/C15H21ClN2O2/c1-9-7-12(16)11-8-18(6-5-10(11)13(9)17)14(19)20-15(2,3)4/h7H,5-6,8,17H2,1-4H3. The zero-order valence-corrected chi connectivity index (χ0v) is 13.2. The van der Waals surface area contributed by atoms with Gasteiger partial charge in [-0.2, -0.15) is 0 Å². The summed E-state index contributed by atoms with van der Waals surface area (Å²) in [6.07, 6.45) is 0.403. The van der Waals surface area contributed by atoms with E-state index < -0.39 is 5.60 Å². The Bertz CT molecular complexity index is 550. The van der Waals surface area contributed by atoms with Crippen molar-refractivity contribution in [2.24, 2.45) is 0 Å². The van der Waals surface area contributed by atoms with Gasteiger partial charge in [-0.3, -0.25) is 0 Å². The average Bonchev–Trinajstić information content (AvgIpc) is 2.33. The number of carbonyl (C=O) groups excluding carboxylic acids is 1. The molecule has 1 aliphatic heterocycles. The van der Waals surface area contributed by atoms with Crippen LogP contribution in [-0.2, 0) is 17.7 Å². The van der Waals surface area contributed by atoms with E-state index in [1.807, 2.05) is 33.8 Å². The summed E-state index contributed by atoms with van der Waals surface area (Å²) >= 11 is 6.29. The van der Waals surface area contributed by atoms with Crippen molar-refractivity contribution in [3.63, 3.8) is 0 Å². The SMILES string of the molecule is Cc1cc(Cl)c2c(c1N)CCN(C(=O)OC(C)(C)C)C2. The van der Waals surface area contributed by atoms with Crippen LogP contribution in [0.3, 0.4) is 0 Å². The van der Waals surface area contributed by atoms with Crippen molar-refractivity contribution in [1.82, 2.24) is 4.90 Å². The van der Waals surface area contributed by atoms with Crippen molar-refractivity contribution in [2.75, 3.05) is 12.3 Å². The van der Waals surface area contributed by atoms with Crippen LogP contribution >= 0.6 is 11.6 Å². The van der Waals surface area contributed by atoms with Gasteiger partial charge in [0.2, 0.25) is 0 Å².